The van der Waals surface area contributed by atoms with Gasteiger partial charge in [0.1, 0.15) is 11.5 Å². The second-order valence-corrected chi connectivity index (χ2v) is 3.35. The molecule has 6 nitrogen and oxygen atoms in total. The topological polar surface area (TPSA) is 83.8 Å². The van der Waals surface area contributed by atoms with Crippen LogP contribution < -0.4 is 5.32 Å². The maximum atomic E-state index is 13.0. The Bertz CT molecular complexity index is 527. The number of nitro benzene ring substituents is 1. The Morgan fingerprint density at radius 3 is 2.94 bits per heavy atom. The highest BCUT2D eigenvalue weighted by molar-refractivity contribution is 5.61. The maximum absolute atomic E-state index is 13.0. The van der Waals surface area contributed by atoms with Crippen LogP contribution in [0.25, 0.3) is 0 Å². The Labute approximate surface area is 95.6 Å². The zero-order valence-corrected chi connectivity index (χ0v) is 8.68. The lowest BCUT2D eigenvalue weighted by atomic mass is 10.2. The van der Waals surface area contributed by atoms with E-state index in [1.54, 1.807) is 12.3 Å². The van der Waals surface area contributed by atoms with E-state index in [0.717, 1.165) is 23.9 Å². The molecule has 0 aliphatic carbocycles. The van der Waals surface area contributed by atoms with Crippen molar-refractivity contribution in [3.63, 3.8) is 0 Å². The number of nitrogens with zero attached hydrogens (tertiary/aromatic N) is 2. The van der Waals surface area contributed by atoms with Crippen molar-refractivity contribution in [1.29, 1.82) is 0 Å². The molecule has 0 amide bonds. The van der Waals surface area contributed by atoms with E-state index >= 15 is 0 Å². The lowest BCUT2D eigenvalue weighted by Crippen LogP contribution is -2.03. The number of hydrogen-bond donors (Lipinski definition) is 2. The predicted molar refractivity (Wildman–Crippen MR) is 59.0 cm³/mol. The summed E-state index contributed by atoms with van der Waals surface area (Å²) in [6.07, 6.45) is 1.57. The number of rotatable bonds is 4. The van der Waals surface area contributed by atoms with Crippen molar-refractivity contribution in [3.8, 4) is 0 Å². The summed E-state index contributed by atoms with van der Waals surface area (Å²) in [5.41, 5.74) is 0.735. The third-order valence-corrected chi connectivity index (χ3v) is 2.18. The van der Waals surface area contributed by atoms with Crippen LogP contribution in [0.2, 0.25) is 0 Å². The summed E-state index contributed by atoms with van der Waals surface area (Å²) < 4.78 is 13.0. The molecule has 7 heteroatoms. The molecule has 2 N–H and O–H groups in total. The summed E-state index contributed by atoms with van der Waals surface area (Å²) in [5, 5.41) is 19.9. The number of hydrogen-bond acceptors (Lipinski definition) is 4. The van der Waals surface area contributed by atoms with Crippen molar-refractivity contribution >= 4 is 11.4 Å². The molecule has 0 unspecified atom stereocenters. The number of halogens is 1. The average Bonchev–Trinajstić information content (AvgIpc) is 2.78. The summed E-state index contributed by atoms with van der Waals surface area (Å²) in [5.74, 6) is -0.525. The second kappa shape index (κ2) is 4.60. The van der Waals surface area contributed by atoms with Crippen molar-refractivity contribution in [1.82, 2.24) is 10.2 Å². The van der Waals surface area contributed by atoms with Gasteiger partial charge in [-0.15, -0.1) is 0 Å². The minimum absolute atomic E-state index is 0.143. The van der Waals surface area contributed by atoms with Gasteiger partial charge >= 0.3 is 0 Å². The molecule has 0 spiro atoms. The van der Waals surface area contributed by atoms with E-state index in [1.165, 1.54) is 0 Å². The molecule has 0 fully saturated rings. The Kier molecular flexibility index (Phi) is 2.99. The average molecular weight is 236 g/mol. The SMILES string of the molecule is O=[N+]([O-])c1ccc(F)cc1NCc1ccn[nH]1. The fraction of sp³-hybridized carbons (Fsp3) is 0.100. The fourth-order valence-corrected chi connectivity index (χ4v) is 1.38. The third kappa shape index (κ3) is 2.57. The zero-order valence-electron chi connectivity index (χ0n) is 8.68. The Morgan fingerprint density at radius 1 is 1.47 bits per heavy atom. The van der Waals surface area contributed by atoms with Gasteiger partial charge in [-0.3, -0.25) is 15.2 Å². The van der Waals surface area contributed by atoms with Crippen LogP contribution in [0.5, 0.6) is 0 Å². The fourth-order valence-electron chi connectivity index (χ4n) is 1.38. The van der Waals surface area contributed by atoms with E-state index < -0.39 is 10.7 Å². The van der Waals surface area contributed by atoms with E-state index in [2.05, 4.69) is 15.5 Å². The van der Waals surface area contributed by atoms with Gasteiger partial charge in [0.05, 0.1) is 17.2 Å². The number of H-pyrrole nitrogens is 1. The van der Waals surface area contributed by atoms with E-state index in [4.69, 9.17) is 0 Å². The Morgan fingerprint density at radius 2 is 2.29 bits per heavy atom. The number of benzene rings is 1. The molecular weight excluding hydrogens is 227 g/mol. The molecule has 0 bridgehead atoms. The normalized spacial score (nSPS) is 10.2. The first kappa shape index (κ1) is 11.1. The third-order valence-electron chi connectivity index (χ3n) is 2.18. The van der Waals surface area contributed by atoms with Crippen LogP contribution in [0.15, 0.2) is 30.5 Å². The Balaban J connectivity index is 2.19. The van der Waals surface area contributed by atoms with Gasteiger partial charge in [-0.25, -0.2) is 4.39 Å². The van der Waals surface area contributed by atoms with E-state index in [-0.39, 0.29) is 11.4 Å². The Hall–Kier alpha value is -2.44. The van der Waals surface area contributed by atoms with Crippen LogP contribution in [0.3, 0.4) is 0 Å². The molecule has 0 aliphatic heterocycles. The lowest BCUT2D eigenvalue weighted by molar-refractivity contribution is -0.384. The summed E-state index contributed by atoms with van der Waals surface area (Å²) in [4.78, 5) is 10.2. The van der Waals surface area contributed by atoms with Gasteiger partial charge in [0.15, 0.2) is 0 Å². The minimum atomic E-state index is -0.561. The zero-order chi connectivity index (χ0) is 12.3. The molecule has 0 saturated heterocycles. The summed E-state index contributed by atoms with van der Waals surface area (Å²) >= 11 is 0. The molecule has 0 saturated carbocycles. The molecule has 17 heavy (non-hydrogen) atoms. The van der Waals surface area contributed by atoms with Crippen molar-refractivity contribution in [2.24, 2.45) is 0 Å². The highest BCUT2D eigenvalue weighted by atomic mass is 19.1. The summed E-state index contributed by atoms with van der Waals surface area (Å²) in [6, 6.07) is 5.00. The lowest BCUT2D eigenvalue weighted by Gasteiger charge is -2.05. The number of nitrogens with one attached hydrogen (secondary N) is 2. The number of aromatic amines is 1. The van der Waals surface area contributed by atoms with Crippen molar-refractivity contribution < 1.29 is 9.31 Å². The molecule has 1 heterocycles. The predicted octanol–water partition coefficient (Wildman–Crippen LogP) is 2.07. The molecule has 1 aromatic heterocycles. The summed E-state index contributed by atoms with van der Waals surface area (Å²) in [7, 11) is 0. The van der Waals surface area contributed by atoms with Crippen molar-refractivity contribution in [2.45, 2.75) is 6.54 Å². The van der Waals surface area contributed by atoms with Crippen LogP contribution in [-0.2, 0) is 6.54 Å². The first-order valence-electron chi connectivity index (χ1n) is 4.83. The highest BCUT2D eigenvalue weighted by Crippen LogP contribution is 2.25. The highest BCUT2D eigenvalue weighted by Gasteiger charge is 2.13. The van der Waals surface area contributed by atoms with Crippen LogP contribution in [0, 0.1) is 15.9 Å². The van der Waals surface area contributed by atoms with Gasteiger partial charge in [-0.05, 0) is 12.1 Å². The number of nitro groups is 1. The quantitative estimate of drug-likeness (QED) is 0.628. The maximum Gasteiger partial charge on any atom is 0.292 e. The van der Waals surface area contributed by atoms with Gasteiger partial charge in [0.2, 0.25) is 0 Å². The first-order chi connectivity index (χ1) is 8.16. The van der Waals surface area contributed by atoms with E-state index in [0.29, 0.717) is 6.54 Å². The van der Waals surface area contributed by atoms with Crippen LogP contribution in [-0.4, -0.2) is 15.1 Å². The van der Waals surface area contributed by atoms with Gasteiger partial charge in [-0.1, -0.05) is 0 Å². The first-order valence-corrected chi connectivity index (χ1v) is 4.83. The molecule has 2 aromatic rings. The van der Waals surface area contributed by atoms with Crippen LogP contribution >= 0.6 is 0 Å². The number of aromatic nitrogens is 2. The van der Waals surface area contributed by atoms with Gasteiger partial charge < -0.3 is 5.32 Å². The molecule has 0 radical (unpaired) electrons. The largest absolute Gasteiger partial charge is 0.374 e. The molecular formula is C10H9FN4O2. The molecule has 2 rings (SSSR count). The minimum Gasteiger partial charge on any atom is -0.374 e. The van der Waals surface area contributed by atoms with E-state index in [9.17, 15) is 14.5 Å². The van der Waals surface area contributed by atoms with Crippen molar-refractivity contribution in [2.75, 3.05) is 5.32 Å². The second-order valence-electron chi connectivity index (χ2n) is 3.35. The smallest absolute Gasteiger partial charge is 0.292 e. The molecule has 88 valence electrons. The van der Waals surface area contributed by atoms with E-state index in [1.807, 2.05) is 0 Å². The number of anilines is 1. The van der Waals surface area contributed by atoms with Gasteiger partial charge in [0.25, 0.3) is 5.69 Å². The monoisotopic (exact) mass is 236 g/mol. The van der Waals surface area contributed by atoms with Gasteiger partial charge in [0, 0.05) is 18.3 Å². The van der Waals surface area contributed by atoms with Crippen molar-refractivity contribution in [3.05, 3.63) is 52.1 Å². The van der Waals surface area contributed by atoms with Crippen LogP contribution in [0.1, 0.15) is 5.69 Å². The molecule has 0 atom stereocenters. The standard InChI is InChI=1S/C10H9FN4O2/c11-7-1-2-10(15(16)17)9(5-7)12-6-8-3-4-13-14-8/h1-5,12H,6H2,(H,13,14). The van der Waals surface area contributed by atoms with Crippen LogP contribution in [0.4, 0.5) is 15.8 Å². The van der Waals surface area contributed by atoms with Gasteiger partial charge in [-0.2, -0.15) is 5.10 Å². The molecule has 0 aliphatic rings. The molecule has 1 aromatic carbocycles. The summed E-state index contributed by atoms with van der Waals surface area (Å²) in [6.45, 7) is 0.310.